The summed E-state index contributed by atoms with van der Waals surface area (Å²) in [5.41, 5.74) is -1.92. The Morgan fingerprint density at radius 1 is 1.32 bits per heavy atom. The zero-order valence-corrected chi connectivity index (χ0v) is 9.97. The summed E-state index contributed by atoms with van der Waals surface area (Å²) in [7, 11) is 0. The molecule has 1 fully saturated rings. The summed E-state index contributed by atoms with van der Waals surface area (Å²) in [5.74, 6) is -2.68. The minimum absolute atomic E-state index is 0.133. The Hall–Kier alpha value is -1.43. The van der Waals surface area contributed by atoms with Crippen LogP contribution >= 0.6 is 0 Å². The van der Waals surface area contributed by atoms with Gasteiger partial charge >= 0.3 is 6.18 Å². The molecule has 0 spiro atoms. The van der Waals surface area contributed by atoms with E-state index in [0.717, 1.165) is 12.1 Å². The predicted octanol–water partition coefficient (Wildman–Crippen LogP) is 3.45. The van der Waals surface area contributed by atoms with Crippen LogP contribution < -0.4 is 0 Å². The quantitative estimate of drug-likeness (QED) is 0.611. The maximum Gasteiger partial charge on any atom is 0.419 e. The molecule has 1 saturated heterocycles. The van der Waals surface area contributed by atoms with Crippen LogP contribution in [0.3, 0.4) is 0 Å². The number of hydrogen-bond donors (Lipinski definition) is 0. The summed E-state index contributed by atoms with van der Waals surface area (Å²) in [5, 5.41) is 0. The summed E-state index contributed by atoms with van der Waals surface area (Å²) in [6.45, 7) is 0.656. The van der Waals surface area contributed by atoms with E-state index < -0.39 is 34.8 Å². The van der Waals surface area contributed by atoms with E-state index in [2.05, 4.69) is 0 Å². The lowest BCUT2D eigenvalue weighted by Crippen LogP contribution is -2.26. The number of rotatable bonds is 2. The van der Waals surface area contributed by atoms with E-state index in [1.165, 1.54) is 0 Å². The third-order valence-corrected chi connectivity index (χ3v) is 3.10. The van der Waals surface area contributed by atoms with Gasteiger partial charge in [-0.3, -0.25) is 4.79 Å². The third kappa shape index (κ3) is 2.94. The number of alkyl halides is 3. The summed E-state index contributed by atoms with van der Waals surface area (Å²) in [4.78, 5) is 12.0. The number of carbonyl (C=O) groups excluding carboxylic acids is 1. The zero-order chi connectivity index (χ0) is 14.0. The summed E-state index contributed by atoms with van der Waals surface area (Å²) in [6.07, 6.45) is -3.64. The zero-order valence-electron chi connectivity index (χ0n) is 9.97. The fourth-order valence-corrected chi connectivity index (χ4v) is 2.11. The molecule has 104 valence electrons. The maximum atomic E-state index is 13.8. The highest BCUT2D eigenvalue weighted by Gasteiger charge is 2.36. The van der Waals surface area contributed by atoms with E-state index in [-0.39, 0.29) is 6.61 Å². The van der Waals surface area contributed by atoms with Gasteiger partial charge in [0.05, 0.1) is 17.7 Å². The Balaban J connectivity index is 2.32. The van der Waals surface area contributed by atoms with Crippen LogP contribution in [0.25, 0.3) is 0 Å². The topological polar surface area (TPSA) is 26.3 Å². The molecular weight excluding hydrogens is 264 g/mol. The number of carbonyl (C=O) groups is 1. The number of ether oxygens (including phenoxy) is 1. The smallest absolute Gasteiger partial charge is 0.381 e. The SMILES string of the molecule is O=C(c1cccc(C(F)(F)F)c1F)C1CCCOC1. The van der Waals surface area contributed by atoms with Gasteiger partial charge in [0.1, 0.15) is 5.82 Å². The van der Waals surface area contributed by atoms with Crippen molar-refractivity contribution in [3.8, 4) is 0 Å². The first-order chi connectivity index (χ1) is 8.91. The van der Waals surface area contributed by atoms with Crippen LogP contribution in [0.15, 0.2) is 18.2 Å². The molecule has 2 rings (SSSR count). The molecule has 1 aromatic rings. The van der Waals surface area contributed by atoms with Gasteiger partial charge in [0.15, 0.2) is 5.78 Å². The molecule has 1 unspecified atom stereocenters. The van der Waals surface area contributed by atoms with Crippen molar-refractivity contribution in [2.75, 3.05) is 13.2 Å². The van der Waals surface area contributed by atoms with Gasteiger partial charge in [0.25, 0.3) is 0 Å². The number of ketones is 1. The molecule has 1 atom stereocenters. The minimum atomic E-state index is -4.80. The second-order valence-electron chi connectivity index (χ2n) is 4.44. The summed E-state index contributed by atoms with van der Waals surface area (Å²) in [6, 6.07) is 2.76. The van der Waals surface area contributed by atoms with E-state index in [9.17, 15) is 22.4 Å². The molecule has 1 aliphatic rings. The molecule has 1 aliphatic heterocycles. The van der Waals surface area contributed by atoms with Gasteiger partial charge in [-0.2, -0.15) is 13.2 Å². The number of hydrogen-bond acceptors (Lipinski definition) is 2. The fourth-order valence-electron chi connectivity index (χ4n) is 2.11. The van der Waals surface area contributed by atoms with Crippen LogP contribution in [-0.2, 0) is 10.9 Å². The molecule has 0 amide bonds. The molecule has 0 N–H and O–H groups in total. The Bertz CT molecular complexity index is 476. The van der Waals surface area contributed by atoms with Crippen molar-refractivity contribution in [2.24, 2.45) is 5.92 Å². The highest BCUT2D eigenvalue weighted by atomic mass is 19.4. The fraction of sp³-hybridized carbons (Fsp3) is 0.462. The summed E-state index contributed by atoms with van der Waals surface area (Å²) >= 11 is 0. The average Bonchev–Trinajstić information content (AvgIpc) is 2.38. The van der Waals surface area contributed by atoms with Crippen LogP contribution in [0.5, 0.6) is 0 Å². The van der Waals surface area contributed by atoms with Gasteiger partial charge < -0.3 is 4.74 Å². The van der Waals surface area contributed by atoms with Crippen molar-refractivity contribution < 1.29 is 27.1 Å². The van der Waals surface area contributed by atoms with E-state index in [1.807, 2.05) is 0 Å². The van der Waals surface area contributed by atoms with Gasteiger partial charge in [0.2, 0.25) is 0 Å². The molecule has 19 heavy (non-hydrogen) atoms. The van der Waals surface area contributed by atoms with Gasteiger partial charge in [-0.25, -0.2) is 4.39 Å². The molecule has 1 heterocycles. The first-order valence-corrected chi connectivity index (χ1v) is 5.89. The number of benzene rings is 1. The average molecular weight is 276 g/mol. The van der Waals surface area contributed by atoms with Gasteiger partial charge in [-0.05, 0) is 25.0 Å². The van der Waals surface area contributed by atoms with Crippen molar-refractivity contribution in [3.05, 3.63) is 35.1 Å². The van der Waals surface area contributed by atoms with Crippen molar-refractivity contribution in [1.82, 2.24) is 0 Å². The normalized spacial score (nSPS) is 20.3. The number of Topliss-reactive ketones (excluding diaryl/α,β-unsaturated/α-hetero) is 1. The van der Waals surface area contributed by atoms with Gasteiger partial charge in [0, 0.05) is 12.5 Å². The Labute approximate surface area is 107 Å². The van der Waals surface area contributed by atoms with E-state index in [1.54, 1.807) is 0 Å². The molecule has 1 aromatic carbocycles. The minimum Gasteiger partial charge on any atom is -0.381 e. The molecular formula is C13H12F4O2. The molecule has 6 heteroatoms. The van der Waals surface area contributed by atoms with Crippen LogP contribution in [-0.4, -0.2) is 19.0 Å². The highest BCUT2D eigenvalue weighted by molar-refractivity contribution is 5.98. The number of halogens is 4. The van der Waals surface area contributed by atoms with Crippen LogP contribution in [0, 0.1) is 11.7 Å². The maximum absolute atomic E-state index is 13.8. The highest BCUT2D eigenvalue weighted by Crippen LogP contribution is 2.33. The van der Waals surface area contributed by atoms with Gasteiger partial charge in [-0.15, -0.1) is 0 Å². The van der Waals surface area contributed by atoms with E-state index in [4.69, 9.17) is 4.74 Å². The summed E-state index contributed by atoms with van der Waals surface area (Å²) < 4.78 is 56.6. The molecule has 0 aliphatic carbocycles. The van der Waals surface area contributed by atoms with Gasteiger partial charge in [-0.1, -0.05) is 6.07 Å². The molecule has 0 aromatic heterocycles. The second-order valence-corrected chi connectivity index (χ2v) is 4.44. The second kappa shape index (κ2) is 5.28. The predicted molar refractivity (Wildman–Crippen MR) is 59.3 cm³/mol. The molecule has 0 bridgehead atoms. The van der Waals surface area contributed by atoms with Crippen LogP contribution in [0.1, 0.15) is 28.8 Å². The van der Waals surface area contributed by atoms with Crippen molar-refractivity contribution in [1.29, 1.82) is 0 Å². The monoisotopic (exact) mass is 276 g/mol. The van der Waals surface area contributed by atoms with E-state index in [0.29, 0.717) is 25.5 Å². The lowest BCUT2D eigenvalue weighted by molar-refractivity contribution is -0.140. The first kappa shape index (κ1) is 14.0. The standard InChI is InChI=1S/C13H12F4O2/c14-11-9(4-1-5-10(11)13(15,16)17)12(18)8-3-2-6-19-7-8/h1,4-5,8H,2-3,6-7H2. The first-order valence-electron chi connectivity index (χ1n) is 5.89. The van der Waals surface area contributed by atoms with Crippen molar-refractivity contribution >= 4 is 5.78 Å². The van der Waals surface area contributed by atoms with Crippen molar-refractivity contribution in [2.45, 2.75) is 19.0 Å². The van der Waals surface area contributed by atoms with Crippen LogP contribution in [0.4, 0.5) is 17.6 Å². The molecule has 0 saturated carbocycles. The molecule has 0 radical (unpaired) electrons. The lowest BCUT2D eigenvalue weighted by Gasteiger charge is -2.21. The third-order valence-electron chi connectivity index (χ3n) is 3.10. The molecule has 2 nitrogen and oxygen atoms in total. The largest absolute Gasteiger partial charge is 0.419 e. The van der Waals surface area contributed by atoms with E-state index >= 15 is 0 Å². The lowest BCUT2D eigenvalue weighted by atomic mass is 9.91. The Kier molecular flexibility index (Phi) is 3.89. The Morgan fingerprint density at radius 3 is 2.63 bits per heavy atom. The van der Waals surface area contributed by atoms with Crippen molar-refractivity contribution in [3.63, 3.8) is 0 Å². The Morgan fingerprint density at radius 2 is 2.05 bits per heavy atom. The van der Waals surface area contributed by atoms with Crippen LogP contribution in [0.2, 0.25) is 0 Å².